The summed E-state index contributed by atoms with van der Waals surface area (Å²) >= 11 is 12.3. The molecule has 1 aromatic heterocycles. The summed E-state index contributed by atoms with van der Waals surface area (Å²) in [4.78, 5) is 16.5. The zero-order valence-electron chi connectivity index (χ0n) is 19.8. The van der Waals surface area contributed by atoms with Gasteiger partial charge >= 0.3 is 12.0 Å². The standard InChI is InChI=1S/C25H22Cl2N4O5S/c1-3-36-25-28-23(16-11-12-21(26)22(27)13-16)31(29-25)19-9-6-8-18(14-19)30-37(33,34)15-17-7-4-5-10-20(17)24(32)35-2/h4-14,30H,3,15H2,1-2H3. The first-order chi connectivity index (χ1) is 17.7. The lowest BCUT2D eigenvalue weighted by molar-refractivity contribution is 0.0600. The minimum Gasteiger partial charge on any atom is -0.465 e. The number of ether oxygens (including phenoxy) is 2. The average molecular weight is 561 g/mol. The van der Waals surface area contributed by atoms with Crippen molar-refractivity contribution in [3.63, 3.8) is 0 Å². The molecule has 37 heavy (non-hydrogen) atoms. The maximum atomic E-state index is 13.0. The molecule has 4 rings (SSSR count). The van der Waals surface area contributed by atoms with Crippen LogP contribution in [0.1, 0.15) is 22.8 Å². The van der Waals surface area contributed by atoms with Gasteiger partial charge in [0, 0.05) is 5.56 Å². The van der Waals surface area contributed by atoms with Crippen LogP contribution in [0.15, 0.2) is 66.7 Å². The van der Waals surface area contributed by atoms with Crippen LogP contribution in [0.3, 0.4) is 0 Å². The zero-order valence-corrected chi connectivity index (χ0v) is 22.1. The highest BCUT2D eigenvalue weighted by molar-refractivity contribution is 7.91. The van der Waals surface area contributed by atoms with Gasteiger partial charge in [0.25, 0.3) is 0 Å². The maximum Gasteiger partial charge on any atom is 0.338 e. The van der Waals surface area contributed by atoms with E-state index in [0.717, 1.165) is 0 Å². The molecule has 0 spiro atoms. The van der Waals surface area contributed by atoms with Gasteiger partial charge in [-0.2, -0.15) is 4.98 Å². The maximum absolute atomic E-state index is 13.0. The molecule has 0 saturated heterocycles. The van der Waals surface area contributed by atoms with Crippen LogP contribution in [0.2, 0.25) is 10.0 Å². The Kier molecular flexibility index (Phi) is 8.01. The molecule has 4 aromatic rings. The van der Waals surface area contributed by atoms with Crippen molar-refractivity contribution in [3.8, 4) is 23.1 Å². The SMILES string of the molecule is CCOc1nc(-c2ccc(Cl)c(Cl)c2)n(-c2cccc(NS(=O)(=O)Cc3ccccc3C(=O)OC)c2)n1. The summed E-state index contributed by atoms with van der Waals surface area (Å²) in [6, 6.07) is 18.2. The number of nitrogens with zero attached hydrogens (tertiary/aromatic N) is 3. The van der Waals surface area contributed by atoms with Gasteiger partial charge in [0.05, 0.1) is 46.5 Å². The second-order valence-electron chi connectivity index (χ2n) is 7.75. The van der Waals surface area contributed by atoms with Crippen molar-refractivity contribution in [1.29, 1.82) is 0 Å². The quantitative estimate of drug-likeness (QED) is 0.274. The summed E-state index contributed by atoms with van der Waals surface area (Å²) in [5.41, 5.74) is 1.95. The third-order valence-electron chi connectivity index (χ3n) is 5.17. The molecule has 0 saturated carbocycles. The lowest BCUT2D eigenvalue weighted by Gasteiger charge is -2.12. The molecule has 1 heterocycles. The van der Waals surface area contributed by atoms with Gasteiger partial charge in [0.2, 0.25) is 10.0 Å². The minimum atomic E-state index is -3.89. The molecule has 12 heteroatoms. The van der Waals surface area contributed by atoms with Crippen molar-refractivity contribution in [2.75, 3.05) is 18.4 Å². The van der Waals surface area contributed by atoms with Crippen LogP contribution in [0, 0.1) is 0 Å². The largest absolute Gasteiger partial charge is 0.465 e. The van der Waals surface area contributed by atoms with E-state index in [0.29, 0.717) is 45.0 Å². The Morgan fingerprint density at radius 1 is 1.03 bits per heavy atom. The zero-order chi connectivity index (χ0) is 26.6. The van der Waals surface area contributed by atoms with Gasteiger partial charge < -0.3 is 9.47 Å². The number of rotatable bonds is 9. The Labute approximate surface area is 224 Å². The molecule has 1 N–H and O–H groups in total. The Bertz CT molecular complexity index is 1560. The van der Waals surface area contributed by atoms with Gasteiger partial charge in [-0.15, -0.1) is 5.10 Å². The third-order valence-corrected chi connectivity index (χ3v) is 7.15. The topological polar surface area (TPSA) is 112 Å². The van der Waals surface area contributed by atoms with Crippen LogP contribution < -0.4 is 9.46 Å². The Hall–Kier alpha value is -3.60. The number of methoxy groups -OCH3 is 1. The Morgan fingerprint density at radius 2 is 1.81 bits per heavy atom. The van der Waals surface area contributed by atoms with Gasteiger partial charge in [-0.25, -0.2) is 17.9 Å². The summed E-state index contributed by atoms with van der Waals surface area (Å²) < 4.78 is 40.3. The van der Waals surface area contributed by atoms with Crippen molar-refractivity contribution in [1.82, 2.24) is 14.8 Å². The van der Waals surface area contributed by atoms with Gasteiger partial charge in [0.1, 0.15) is 0 Å². The summed E-state index contributed by atoms with van der Waals surface area (Å²) in [6.07, 6.45) is 0. The van der Waals surface area contributed by atoms with Crippen LogP contribution in [0.5, 0.6) is 6.01 Å². The number of hydrogen-bond donors (Lipinski definition) is 1. The predicted molar refractivity (Wildman–Crippen MR) is 142 cm³/mol. The van der Waals surface area contributed by atoms with E-state index in [1.165, 1.54) is 17.9 Å². The lowest BCUT2D eigenvalue weighted by Crippen LogP contribution is -2.17. The lowest BCUT2D eigenvalue weighted by atomic mass is 10.1. The van der Waals surface area contributed by atoms with E-state index in [1.54, 1.807) is 60.7 Å². The first kappa shape index (κ1) is 26.5. The Morgan fingerprint density at radius 3 is 2.54 bits per heavy atom. The summed E-state index contributed by atoms with van der Waals surface area (Å²) in [7, 11) is -2.65. The number of hydrogen-bond acceptors (Lipinski definition) is 7. The van der Waals surface area contributed by atoms with Crippen LogP contribution in [0.25, 0.3) is 17.1 Å². The normalized spacial score (nSPS) is 11.2. The smallest absolute Gasteiger partial charge is 0.338 e. The third kappa shape index (κ3) is 6.22. The number of sulfonamides is 1. The molecule has 3 aromatic carbocycles. The minimum absolute atomic E-state index is 0.147. The van der Waals surface area contributed by atoms with E-state index in [4.69, 9.17) is 32.7 Å². The van der Waals surface area contributed by atoms with Crippen LogP contribution in [-0.4, -0.2) is 42.9 Å². The van der Waals surface area contributed by atoms with Crippen LogP contribution in [-0.2, 0) is 20.5 Å². The fraction of sp³-hybridized carbons (Fsp3) is 0.160. The molecule has 9 nitrogen and oxygen atoms in total. The van der Waals surface area contributed by atoms with Crippen LogP contribution >= 0.6 is 23.2 Å². The first-order valence-electron chi connectivity index (χ1n) is 11.0. The fourth-order valence-electron chi connectivity index (χ4n) is 3.56. The molecule has 0 radical (unpaired) electrons. The number of aromatic nitrogens is 3. The molecule has 0 bridgehead atoms. The molecule has 0 unspecified atom stereocenters. The van der Waals surface area contributed by atoms with Gasteiger partial charge in [0.15, 0.2) is 5.82 Å². The number of nitrogens with one attached hydrogen (secondary N) is 1. The molecular weight excluding hydrogens is 539 g/mol. The fourth-order valence-corrected chi connectivity index (χ4v) is 5.08. The van der Waals surface area contributed by atoms with Gasteiger partial charge in [-0.05, 0) is 55.0 Å². The molecule has 0 aliphatic carbocycles. The van der Waals surface area contributed by atoms with Crippen molar-refractivity contribution in [2.45, 2.75) is 12.7 Å². The predicted octanol–water partition coefficient (Wildman–Crippen LogP) is 5.37. The molecule has 0 atom stereocenters. The molecule has 0 fully saturated rings. The number of carbonyl (C=O) groups is 1. The van der Waals surface area contributed by atoms with Gasteiger partial charge in [-0.1, -0.05) is 47.5 Å². The highest BCUT2D eigenvalue weighted by Gasteiger charge is 2.20. The molecular formula is C25H22Cl2N4O5S. The summed E-state index contributed by atoms with van der Waals surface area (Å²) in [5, 5.41) is 5.17. The van der Waals surface area contributed by atoms with Gasteiger partial charge in [-0.3, -0.25) is 4.72 Å². The number of benzene rings is 3. The number of anilines is 1. The first-order valence-corrected chi connectivity index (χ1v) is 13.4. The summed E-state index contributed by atoms with van der Waals surface area (Å²) in [5.74, 6) is -0.609. The molecule has 0 aliphatic rings. The number of carbonyl (C=O) groups excluding carboxylic acids is 1. The van der Waals surface area contributed by atoms with Crippen molar-refractivity contribution in [3.05, 3.63) is 87.9 Å². The van der Waals surface area contributed by atoms with E-state index in [1.807, 2.05) is 6.92 Å². The number of esters is 1. The van der Waals surface area contributed by atoms with E-state index in [9.17, 15) is 13.2 Å². The van der Waals surface area contributed by atoms with Crippen molar-refractivity contribution < 1.29 is 22.7 Å². The second kappa shape index (κ2) is 11.2. The number of halogens is 2. The second-order valence-corrected chi connectivity index (χ2v) is 10.3. The van der Waals surface area contributed by atoms with E-state index in [2.05, 4.69) is 14.8 Å². The highest BCUT2D eigenvalue weighted by Crippen LogP contribution is 2.30. The Balaban J connectivity index is 1.66. The van der Waals surface area contributed by atoms with E-state index < -0.39 is 21.7 Å². The van der Waals surface area contributed by atoms with Crippen molar-refractivity contribution in [2.24, 2.45) is 0 Å². The molecule has 192 valence electrons. The van der Waals surface area contributed by atoms with E-state index >= 15 is 0 Å². The van der Waals surface area contributed by atoms with E-state index in [-0.39, 0.29) is 11.6 Å². The van der Waals surface area contributed by atoms with Crippen LogP contribution in [0.4, 0.5) is 5.69 Å². The van der Waals surface area contributed by atoms with Crippen molar-refractivity contribution >= 4 is 44.9 Å². The molecule has 0 aliphatic heterocycles. The summed E-state index contributed by atoms with van der Waals surface area (Å²) in [6.45, 7) is 2.17. The highest BCUT2D eigenvalue weighted by atomic mass is 35.5. The molecule has 0 amide bonds. The monoisotopic (exact) mass is 560 g/mol. The average Bonchev–Trinajstić information content (AvgIpc) is 3.29.